The van der Waals surface area contributed by atoms with E-state index in [-0.39, 0.29) is 12.1 Å². The molecular weight excluding hydrogens is 306 g/mol. The van der Waals surface area contributed by atoms with Crippen LogP contribution in [0.5, 0.6) is 0 Å². The minimum Gasteiger partial charge on any atom is -0.461 e. The molecule has 3 heterocycles. The second-order valence-corrected chi connectivity index (χ2v) is 6.12. The molecule has 1 aliphatic heterocycles. The molecule has 1 atom stereocenters. The number of carbonyl (C=O) groups excluding carboxylic acids is 1. The third-order valence-corrected chi connectivity index (χ3v) is 4.19. The Labute approximate surface area is 141 Å². The van der Waals surface area contributed by atoms with E-state index in [1.165, 1.54) is 0 Å². The Bertz CT molecular complexity index is 698. The number of aryl methyl sites for hydroxylation is 1. The van der Waals surface area contributed by atoms with E-state index in [2.05, 4.69) is 10.3 Å². The number of urea groups is 1. The molecule has 24 heavy (non-hydrogen) atoms. The van der Waals surface area contributed by atoms with Gasteiger partial charge < -0.3 is 19.4 Å². The van der Waals surface area contributed by atoms with Crippen molar-refractivity contribution in [3.63, 3.8) is 0 Å². The summed E-state index contributed by atoms with van der Waals surface area (Å²) in [4.78, 5) is 18.5. The molecule has 3 rings (SSSR count). The zero-order valence-electron chi connectivity index (χ0n) is 14.1. The molecule has 0 spiro atoms. The Balaban J connectivity index is 1.62. The van der Waals surface area contributed by atoms with Crippen LogP contribution in [0.4, 0.5) is 4.79 Å². The fourth-order valence-electron chi connectivity index (χ4n) is 3.09. The summed E-state index contributed by atoms with van der Waals surface area (Å²) < 4.78 is 10.9. The van der Waals surface area contributed by atoms with Gasteiger partial charge in [0, 0.05) is 32.6 Å². The first-order chi connectivity index (χ1) is 11.7. The number of hydrogen-bond donors (Lipinski definition) is 1. The second kappa shape index (κ2) is 7.49. The van der Waals surface area contributed by atoms with E-state index >= 15 is 0 Å². The molecular formula is C18H23N3O3. The number of nitrogens with one attached hydrogen (secondary N) is 1. The molecule has 1 aliphatic rings. The van der Waals surface area contributed by atoms with Crippen molar-refractivity contribution < 1.29 is 13.9 Å². The summed E-state index contributed by atoms with van der Waals surface area (Å²) in [7, 11) is 1.64. The number of furan rings is 1. The fourth-order valence-corrected chi connectivity index (χ4v) is 3.09. The molecule has 1 fully saturated rings. The molecule has 0 aliphatic carbocycles. The predicted molar refractivity (Wildman–Crippen MR) is 89.3 cm³/mol. The van der Waals surface area contributed by atoms with E-state index in [9.17, 15) is 4.79 Å². The van der Waals surface area contributed by atoms with Gasteiger partial charge in [-0.2, -0.15) is 0 Å². The van der Waals surface area contributed by atoms with Gasteiger partial charge in [-0.3, -0.25) is 4.98 Å². The van der Waals surface area contributed by atoms with Gasteiger partial charge in [0.1, 0.15) is 18.1 Å². The Morgan fingerprint density at radius 3 is 3.12 bits per heavy atom. The first kappa shape index (κ1) is 16.5. The summed E-state index contributed by atoms with van der Waals surface area (Å²) in [5, 5.41) is 2.98. The van der Waals surface area contributed by atoms with Crippen molar-refractivity contribution in [1.82, 2.24) is 15.2 Å². The van der Waals surface area contributed by atoms with E-state index in [4.69, 9.17) is 9.15 Å². The lowest BCUT2D eigenvalue weighted by Gasteiger charge is -2.23. The van der Waals surface area contributed by atoms with Crippen LogP contribution in [0.25, 0.3) is 0 Å². The molecule has 1 unspecified atom stereocenters. The lowest BCUT2D eigenvalue weighted by atomic mass is 10.2. The van der Waals surface area contributed by atoms with Gasteiger partial charge in [0.15, 0.2) is 0 Å². The van der Waals surface area contributed by atoms with E-state index in [0.717, 1.165) is 42.0 Å². The number of amides is 2. The van der Waals surface area contributed by atoms with Gasteiger partial charge in [-0.05, 0) is 43.0 Å². The summed E-state index contributed by atoms with van der Waals surface area (Å²) in [6, 6.07) is 5.80. The predicted octanol–water partition coefficient (Wildman–Crippen LogP) is 3.18. The minimum absolute atomic E-state index is 0.00811. The van der Waals surface area contributed by atoms with Gasteiger partial charge in [0.25, 0.3) is 0 Å². The van der Waals surface area contributed by atoms with Crippen LogP contribution in [0.15, 0.2) is 35.0 Å². The summed E-state index contributed by atoms with van der Waals surface area (Å²) >= 11 is 0. The Hall–Kier alpha value is -2.34. The number of ether oxygens (including phenoxy) is 1. The lowest BCUT2D eigenvalue weighted by molar-refractivity contribution is 0.156. The van der Waals surface area contributed by atoms with Crippen molar-refractivity contribution in [2.24, 2.45) is 0 Å². The first-order valence-electron chi connectivity index (χ1n) is 8.20. The smallest absolute Gasteiger partial charge is 0.318 e. The maximum Gasteiger partial charge on any atom is 0.318 e. The largest absolute Gasteiger partial charge is 0.461 e. The zero-order chi connectivity index (χ0) is 16.9. The average molecular weight is 329 g/mol. The zero-order valence-corrected chi connectivity index (χ0v) is 14.1. The summed E-state index contributed by atoms with van der Waals surface area (Å²) in [5.74, 6) is 1.61. The number of carbonyl (C=O) groups is 1. The molecule has 0 saturated carbocycles. The van der Waals surface area contributed by atoms with Crippen LogP contribution < -0.4 is 5.32 Å². The van der Waals surface area contributed by atoms with Crippen molar-refractivity contribution in [1.29, 1.82) is 0 Å². The van der Waals surface area contributed by atoms with Gasteiger partial charge in [0.2, 0.25) is 0 Å². The van der Waals surface area contributed by atoms with E-state index in [1.807, 2.05) is 30.0 Å². The summed E-state index contributed by atoms with van der Waals surface area (Å²) in [6.45, 7) is 3.65. The third kappa shape index (κ3) is 3.76. The first-order valence-corrected chi connectivity index (χ1v) is 8.20. The van der Waals surface area contributed by atoms with Gasteiger partial charge in [0.05, 0.1) is 6.04 Å². The standard InChI is InChI=1S/C18H23N3O3/c1-13-8-14(10-19-9-13)11-20-18(22)21-7-3-4-16(21)17-6-5-15(24-17)12-23-2/h5-6,8-10,16H,3-4,7,11-12H2,1-2H3,(H,20,22). The van der Waals surface area contributed by atoms with Crippen molar-refractivity contribution in [3.8, 4) is 0 Å². The van der Waals surface area contributed by atoms with Gasteiger partial charge in [-0.25, -0.2) is 4.79 Å². The Kier molecular flexibility index (Phi) is 5.15. The normalized spacial score (nSPS) is 17.2. The van der Waals surface area contributed by atoms with Crippen molar-refractivity contribution in [2.75, 3.05) is 13.7 Å². The fraction of sp³-hybridized carbons (Fsp3) is 0.444. The number of methoxy groups -OCH3 is 1. The van der Waals surface area contributed by atoms with Crippen LogP contribution in [-0.4, -0.2) is 29.6 Å². The average Bonchev–Trinajstić information content (AvgIpc) is 3.22. The molecule has 2 aromatic heterocycles. The highest BCUT2D eigenvalue weighted by Gasteiger charge is 2.32. The van der Waals surface area contributed by atoms with E-state index in [1.54, 1.807) is 19.5 Å². The molecule has 0 bridgehead atoms. The lowest BCUT2D eigenvalue weighted by Crippen LogP contribution is -2.39. The maximum atomic E-state index is 12.5. The summed E-state index contributed by atoms with van der Waals surface area (Å²) in [5.41, 5.74) is 2.08. The quantitative estimate of drug-likeness (QED) is 0.915. The third-order valence-electron chi connectivity index (χ3n) is 4.19. The van der Waals surface area contributed by atoms with Crippen LogP contribution >= 0.6 is 0 Å². The number of nitrogens with zero attached hydrogens (tertiary/aromatic N) is 2. The molecule has 1 saturated heterocycles. The van der Waals surface area contributed by atoms with Crippen LogP contribution in [0.2, 0.25) is 0 Å². The van der Waals surface area contributed by atoms with Crippen molar-refractivity contribution in [2.45, 2.75) is 39.0 Å². The molecule has 0 radical (unpaired) electrons. The maximum absolute atomic E-state index is 12.5. The van der Waals surface area contributed by atoms with E-state index in [0.29, 0.717) is 13.2 Å². The molecule has 2 amide bonds. The Morgan fingerprint density at radius 2 is 2.33 bits per heavy atom. The topological polar surface area (TPSA) is 67.6 Å². The summed E-state index contributed by atoms with van der Waals surface area (Å²) in [6.07, 6.45) is 5.47. The molecule has 6 nitrogen and oxygen atoms in total. The molecule has 0 aromatic carbocycles. The Morgan fingerprint density at radius 1 is 1.46 bits per heavy atom. The second-order valence-electron chi connectivity index (χ2n) is 6.12. The molecule has 128 valence electrons. The minimum atomic E-state index is -0.0660. The van der Waals surface area contributed by atoms with Crippen LogP contribution in [-0.2, 0) is 17.9 Å². The molecule has 2 aromatic rings. The highest BCUT2D eigenvalue weighted by Crippen LogP contribution is 2.33. The molecule has 1 N–H and O–H groups in total. The number of likely N-dealkylation sites (tertiary alicyclic amines) is 1. The van der Waals surface area contributed by atoms with Gasteiger partial charge in [-0.1, -0.05) is 6.07 Å². The highest BCUT2D eigenvalue weighted by molar-refractivity contribution is 5.75. The number of hydrogen-bond acceptors (Lipinski definition) is 4. The van der Waals surface area contributed by atoms with E-state index < -0.39 is 0 Å². The van der Waals surface area contributed by atoms with Gasteiger partial charge >= 0.3 is 6.03 Å². The number of aromatic nitrogens is 1. The van der Waals surface area contributed by atoms with Crippen molar-refractivity contribution >= 4 is 6.03 Å². The SMILES string of the molecule is COCc1ccc(C2CCCN2C(=O)NCc2cncc(C)c2)o1. The monoisotopic (exact) mass is 329 g/mol. The van der Waals surface area contributed by atoms with Crippen LogP contribution in [0, 0.1) is 6.92 Å². The molecule has 6 heteroatoms. The van der Waals surface area contributed by atoms with Crippen LogP contribution in [0.3, 0.4) is 0 Å². The number of pyridine rings is 1. The number of rotatable bonds is 5. The van der Waals surface area contributed by atoms with Crippen molar-refractivity contribution in [3.05, 3.63) is 53.2 Å². The van der Waals surface area contributed by atoms with Gasteiger partial charge in [-0.15, -0.1) is 0 Å². The van der Waals surface area contributed by atoms with Crippen LogP contribution in [0.1, 0.15) is 41.5 Å². The highest BCUT2D eigenvalue weighted by atomic mass is 16.5.